The van der Waals surface area contributed by atoms with Gasteiger partial charge in [-0.2, -0.15) is 0 Å². The normalized spacial score (nSPS) is 20.3. The van der Waals surface area contributed by atoms with Gasteiger partial charge in [0, 0.05) is 59.3 Å². The molecule has 29 heavy (non-hydrogen) atoms. The van der Waals surface area contributed by atoms with Crippen molar-refractivity contribution in [2.75, 3.05) is 0 Å². The van der Waals surface area contributed by atoms with Gasteiger partial charge >= 0.3 is 0 Å². The third-order valence-corrected chi connectivity index (χ3v) is 6.01. The quantitative estimate of drug-likeness (QED) is 0.516. The molecule has 2 aromatic heterocycles. The number of benzene rings is 2. The van der Waals surface area contributed by atoms with Crippen molar-refractivity contribution in [2.24, 2.45) is 0 Å². The molecule has 1 aliphatic carbocycles. The maximum absolute atomic E-state index is 4.94. The largest absolute Gasteiger partial charge is 0.369 e. The Balaban J connectivity index is 1.34. The van der Waals surface area contributed by atoms with E-state index in [1.165, 1.54) is 27.8 Å². The summed E-state index contributed by atoms with van der Waals surface area (Å²) in [5.74, 6) is 0.481. The van der Waals surface area contributed by atoms with Crippen LogP contribution in [0.4, 0.5) is 0 Å². The molecule has 3 heterocycles. The van der Waals surface area contributed by atoms with Crippen LogP contribution in [0.2, 0.25) is 0 Å². The van der Waals surface area contributed by atoms with E-state index in [-0.39, 0.29) is 0 Å². The number of rotatable bonds is 3. The molecule has 0 spiro atoms. The van der Waals surface area contributed by atoms with Gasteiger partial charge in [-0.25, -0.2) is 9.97 Å². The van der Waals surface area contributed by atoms with Gasteiger partial charge in [-0.3, -0.25) is 4.98 Å². The molecule has 0 saturated heterocycles. The van der Waals surface area contributed by atoms with Crippen LogP contribution in [-0.2, 0) is 6.54 Å². The molecule has 2 atom stereocenters. The van der Waals surface area contributed by atoms with Gasteiger partial charge in [0.05, 0.1) is 5.52 Å². The van der Waals surface area contributed by atoms with Gasteiger partial charge in [0.25, 0.3) is 0 Å². The number of fused-ring (bicyclic) bond motifs is 2. The first-order chi connectivity index (χ1) is 14.4. The second kappa shape index (κ2) is 6.52. The van der Waals surface area contributed by atoms with Crippen molar-refractivity contribution in [2.45, 2.75) is 24.9 Å². The van der Waals surface area contributed by atoms with Crippen molar-refractivity contribution >= 4 is 16.5 Å². The maximum atomic E-state index is 4.94. The number of hydrogen-bond donors (Lipinski definition) is 0. The molecule has 6 rings (SSSR count). The van der Waals surface area contributed by atoms with E-state index in [2.05, 4.69) is 81.7 Å². The van der Waals surface area contributed by atoms with Crippen LogP contribution in [0.3, 0.4) is 0 Å². The lowest BCUT2D eigenvalue weighted by atomic mass is 9.93. The van der Waals surface area contributed by atoms with E-state index in [0.29, 0.717) is 12.0 Å². The second-order valence-electron chi connectivity index (χ2n) is 7.84. The Morgan fingerprint density at radius 1 is 0.862 bits per heavy atom. The Morgan fingerprint density at radius 2 is 1.69 bits per heavy atom. The first-order valence-corrected chi connectivity index (χ1v) is 10.0. The van der Waals surface area contributed by atoms with Crippen LogP contribution in [-0.4, -0.2) is 25.9 Å². The van der Waals surface area contributed by atoms with Gasteiger partial charge < -0.3 is 4.90 Å². The van der Waals surface area contributed by atoms with Gasteiger partial charge in [-0.1, -0.05) is 48.5 Å². The zero-order chi connectivity index (χ0) is 19.2. The maximum Gasteiger partial charge on any atom is 0.115 e. The zero-order valence-corrected chi connectivity index (χ0v) is 15.9. The zero-order valence-electron chi connectivity index (χ0n) is 15.9. The molecule has 0 bridgehead atoms. The second-order valence-corrected chi connectivity index (χ2v) is 7.84. The molecule has 2 aromatic carbocycles. The summed E-state index contributed by atoms with van der Waals surface area (Å²) in [4.78, 5) is 15.9. The minimum absolute atomic E-state index is 0.481. The number of aromatic nitrogens is 3. The molecule has 2 unspecified atom stereocenters. The number of nitrogens with zero attached hydrogens (tertiary/aromatic N) is 4. The van der Waals surface area contributed by atoms with E-state index in [1.54, 1.807) is 6.33 Å². The summed E-state index contributed by atoms with van der Waals surface area (Å²) in [6.07, 6.45) is 8.82. The molecule has 140 valence electrons. The molecule has 4 heteroatoms. The van der Waals surface area contributed by atoms with Gasteiger partial charge in [0.1, 0.15) is 6.33 Å². The molecule has 4 nitrogen and oxygen atoms in total. The third-order valence-electron chi connectivity index (χ3n) is 6.01. The SMILES string of the molecule is C1=C(c2cncnc2)c2ccccc2CN1C1CC1c1ccc2ccccc2n1. The smallest absolute Gasteiger partial charge is 0.115 e. The van der Waals surface area contributed by atoms with Crippen LogP contribution in [0.5, 0.6) is 0 Å². The summed E-state index contributed by atoms with van der Waals surface area (Å²) in [6.45, 7) is 0.933. The average Bonchev–Trinajstić information content (AvgIpc) is 3.60. The molecule has 0 radical (unpaired) electrons. The van der Waals surface area contributed by atoms with Crippen molar-refractivity contribution in [3.8, 4) is 0 Å². The van der Waals surface area contributed by atoms with Crippen LogP contribution >= 0.6 is 0 Å². The van der Waals surface area contributed by atoms with E-state index in [1.807, 2.05) is 12.4 Å². The van der Waals surface area contributed by atoms with Crippen LogP contribution in [0, 0.1) is 0 Å². The summed E-state index contributed by atoms with van der Waals surface area (Å²) in [7, 11) is 0. The molecule has 1 saturated carbocycles. The lowest BCUT2D eigenvalue weighted by molar-refractivity contribution is 0.348. The first kappa shape index (κ1) is 16.4. The predicted octanol–water partition coefficient (Wildman–Crippen LogP) is 4.79. The lowest BCUT2D eigenvalue weighted by Crippen LogP contribution is -2.25. The highest BCUT2D eigenvalue weighted by atomic mass is 15.2. The van der Waals surface area contributed by atoms with Crippen molar-refractivity contribution in [3.63, 3.8) is 0 Å². The highest BCUT2D eigenvalue weighted by Gasteiger charge is 2.44. The van der Waals surface area contributed by atoms with E-state index in [4.69, 9.17) is 4.98 Å². The van der Waals surface area contributed by atoms with Gasteiger partial charge in [-0.05, 0) is 29.7 Å². The van der Waals surface area contributed by atoms with Crippen molar-refractivity contribution in [1.82, 2.24) is 19.9 Å². The lowest BCUT2D eigenvalue weighted by Gasteiger charge is -2.29. The van der Waals surface area contributed by atoms with E-state index in [9.17, 15) is 0 Å². The van der Waals surface area contributed by atoms with Crippen molar-refractivity contribution in [1.29, 1.82) is 0 Å². The first-order valence-electron chi connectivity index (χ1n) is 10.0. The van der Waals surface area contributed by atoms with Crippen LogP contribution in [0.25, 0.3) is 16.5 Å². The van der Waals surface area contributed by atoms with Crippen LogP contribution in [0.15, 0.2) is 85.6 Å². The molecule has 1 aliphatic heterocycles. The number of para-hydroxylation sites is 1. The summed E-state index contributed by atoms with van der Waals surface area (Å²) >= 11 is 0. The van der Waals surface area contributed by atoms with Crippen LogP contribution < -0.4 is 0 Å². The van der Waals surface area contributed by atoms with Gasteiger partial charge in [0.15, 0.2) is 0 Å². The number of pyridine rings is 1. The molecular formula is C25H20N4. The van der Waals surface area contributed by atoms with Gasteiger partial charge in [-0.15, -0.1) is 0 Å². The Bertz CT molecular complexity index is 1230. The highest BCUT2D eigenvalue weighted by molar-refractivity contribution is 5.82. The average molecular weight is 376 g/mol. The molecule has 1 fully saturated rings. The Hall–Kier alpha value is -3.53. The summed E-state index contributed by atoms with van der Waals surface area (Å²) in [5.41, 5.74) is 7.17. The molecule has 2 aliphatic rings. The van der Waals surface area contributed by atoms with Gasteiger partial charge in [0.2, 0.25) is 0 Å². The monoisotopic (exact) mass is 376 g/mol. The van der Waals surface area contributed by atoms with Crippen molar-refractivity contribution in [3.05, 3.63) is 108 Å². The van der Waals surface area contributed by atoms with E-state index >= 15 is 0 Å². The summed E-state index contributed by atoms with van der Waals surface area (Å²) < 4.78 is 0. The van der Waals surface area contributed by atoms with E-state index < -0.39 is 0 Å². The minimum atomic E-state index is 0.481. The summed E-state index contributed by atoms with van der Waals surface area (Å²) in [5, 5.41) is 1.20. The van der Waals surface area contributed by atoms with Crippen LogP contribution in [0.1, 0.15) is 34.7 Å². The topological polar surface area (TPSA) is 41.9 Å². The Labute approximate surface area is 169 Å². The fourth-order valence-electron chi connectivity index (χ4n) is 4.43. The standard InChI is InChI=1S/C25H20N4/c1-3-7-20-18(6-1)14-29(15-22(20)19-12-26-16-27-13-19)25-11-21(25)24-10-9-17-5-2-4-8-23(17)28-24/h1-10,12-13,15-16,21,25H,11,14H2. The molecule has 0 N–H and O–H groups in total. The fraction of sp³-hybridized carbons (Fsp3) is 0.160. The molecule has 4 aromatic rings. The fourth-order valence-corrected chi connectivity index (χ4v) is 4.43. The highest BCUT2D eigenvalue weighted by Crippen LogP contribution is 2.47. The third kappa shape index (κ3) is 2.88. The van der Waals surface area contributed by atoms with E-state index in [0.717, 1.165) is 24.0 Å². The molecule has 0 amide bonds. The minimum Gasteiger partial charge on any atom is -0.369 e. The Morgan fingerprint density at radius 3 is 2.62 bits per heavy atom. The summed E-state index contributed by atoms with van der Waals surface area (Å²) in [6, 6.07) is 21.9. The van der Waals surface area contributed by atoms with Crippen molar-refractivity contribution < 1.29 is 0 Å². The predicted molar refractivity (Wildman–Crippen MR) is 114 cm³/mol. The Kier molecular flexibility index (Phi) is 3.69. The number of hydrogen-bond acceptors (Lipinski definition) is 4. The molecular weight excluding hydrogens is 356 g/mol.